The third kappa shape index (κ3) is 4.44. The van der Waals surface area contributed by atoms with Gasteiger partial charge in [0.1, 0.15) is 0 Å². The topological polar surface area (TPSA) is 111 Å². The van der Waals surface area contributed by atoms with Crippen molar-refractivity contribution in [1.82, 2.24) is 0 Å². The minimum atomic E-state index is -4.45. The summed E-state index contributed by atoms with van der Waals surface area (Å²) < 4.78 is 35.5. The van der Waals surface area contributed by atoms with Gasteiger partial charge in [-0.3, -0.25) is 9.35 Å². The zero-order valence-electron chi connectivity index (χ0n) is 8.76. The molecule has 1 heterocycles. The van der Waals surface area contributed by atoms with Gasteiger partial charge in [-0.05, 0) is 18.9 Å². The Hall–Kier alpha value is -0.340. The minimum absolute atomic E-state index is 0. The van der Waals surface area contributed by atoms with Gasteiger partial charge >= 0.3 is 39.7 Å². The first-order valence-electron chi connectivity index (χ1n) is 4.76. The van der Waals surface area contributed by atoms with E-state index in [0.29, 0.717) is 6.42 Å². The number of nitrogens with two attached hydrogens (primary N) is 1. The molecule has 0 bridgehead atoms. The van der Waals surface area contributed by atoms with Crippen LogP contribution in [0.5, 0.6) is 0 Å². The quantitative estimate of drug-likeness (QED) is 0.591. The molecule has 0 atom stereocenters. The number of hydrogen-bond acceptors (Lipinski definition) is 4. The number of carbonyl (C=O) groups is 1. The van der Waals surface area contributed by atoms with Gasteiger partial charge in [-0.15, -0.1) is 0 Å². The van der Waals surface area contributed by atoms with E-state index >= 15 is 0 Å². The van der Waals surface area contributed by atoms with Gasteiger partial charge in [-0.2, -0.15) is 8.42 Å². The maximum absolute atomic E-state index is 11.0. The van der Waals surface area contributed by atoms with Crippen molar-refractivity contribution in [3.8, 4) is 0 Å². The van der Waals surface area contributed by atoms with Crippen LogP contribution in [0.1, 0.15) is 35.9 Å². The van der Waals surface area contributed by atoms with E-state index < -0.39 is 21.1 Å². The summed E-state index contributed by atoms with van der Waals surface area (Å²) in [6, 6.07) is 1.25. The van der Waals surface area contributed by atoms with Gasteiger partial charge < -0.3 is 10.2 Å². The second-order valence-electron chi connectivity index (χ2n) is 3.37. The molecular formula is C9H14NNaO5S. The summed E-state index contributed by atoms with van der Waals surface area (Å²) in [5.41, 5.74) is 5.23. The number of primary amides is 1. The average molecular weight is 271 g/mol. The van der Waals surface area contributed by atoms with E-state index in [2.05, 4.69) is 0 Å². The Morgan fingerprint density at radius 2 is 2.12 bits per heavy atom. The molecule has 3 N–H and O–H groups in total. The molecule has 0 fully saturated rings. The van der Waals surface area contributed by atoms with Crippen molar-refractivity contribution in [2.24, 2.45) is 5.73 Å². The third-order valence-electron chi connectivity index (χ3n) is 2.05. The van der Waals surface area contributed by atoms with E-state index in [1.807, 2.05) is 6.92 Å². The molecule has 0 unspecified atom stereocenters. The van der Waals surface area contributed by atoms with E-state index in [-0.39, 0.29) is 40.9 Å². The van der Waals surface area contributed by atoms with Crippen LogP contribution >= 0.6 is 0 Å². The van der Waals surface area contributed by atoms with Crippen LogP contribution in [0.15, 0.2) is 15.6 Å². The Morgan fingerprint density at radius 1 is 1.53 bits per heavy atom. The summed E-state index contributed by atoms with van der Waals surface area (Å²) in [6.45, 7) is 1.93. The summed E-state index contributed by atoms with van der Waals surface area (Å²) in [6.07, 6.45) is 1.98. The molecule has 0 saturated heterocycles. The van der Waals surface area contributed by atoms with Crippen molar-refractivity contribution < 1.29 is 22.2 Å². The Bertz CT molecular complexity index is 493. The van der Waals surface area contributed by atoms with E-state index in [1.54, 1.807) is 0 Å². The molecule has 17 heavy (non-hydrogen) atoms. The van der Waals surface area contributed by atoms with Gasteiger partial charge in [-0.1, -0.05) is 13.3 Å². The van der Waals surface area contributed by atoms with E-state index in [4.69, 9.17) is 14.7 Å². The molecule has 0 aromatic carbocycles. The van der Waals surface area contributed by atoms with E-state index in [9.17, 15) is 13.2 Å². The number of aryl methyl sites for hydroxylation is 1. The van der Waals surface area contributed by atoms with Crippen LogP contribution in [0.4, 0.5) is 0 Å². The maximum atomic E-state index is 11.0. The van der Waals surface area contributed by atoms with E-state index in [1.165, 1.54) is 6.07 Å². The number of amides is 1. The SMILES string of the molecule is CCCCc1cc(C(N)=O)oc1S(=O)(=O)O.[NaH]. The first kappa shape index (κ1) is 16.7. The zero-order valence-corrected chi connectivity index (χ0v) is 9.58. The van der Waals surface area contributed by atoms with Crippen molar-refractivity contribution in [3.05, 3.63) is 17.4 Å². The molecule has 1 amide bonds. The number of carbonyl (C=O) groups excluding carboxylic acids is 1. The molecule has 0 saturated carbocycles. The molecule has 0 aliphatic heterocycles. The molecule has 8 heteroatoms. The van der Waals surface area contributed by atoms with Crippen molar-refractivity contribution in [2.75, 3.05) is 0 Å². The third-order valence-corrected chi connectivity index (χ3v) is 2.86. The standard InChI is InChI=1S/C9H13NO5S.Na.H/c1-2-3-4-6-5-7(8(10)11)15-9(6)16(12,13)14;;/h5H,2-4H2,1H3,(H2,10,11)(H,12,13,14);;. The first-order valence-corrected chi connectivity index (χ1v) is 6.20. The van der Waals surface area contributed by atoms with Crippen LogP contribution in [-0.2, 0) is 16.5 Å². The van der Waals surface area contributed by atoms with Crippen molar-refractivity contribution >= 4 is 45.6 Å². The molecular weight excluding hydrogens is 257 g/mol. The molecule has 92 valence electrons. The zero-order chi connectivity index (χ0) is 12.3. The van der Waals surface area contributed by atoms with Crippen LogP contribution in [0.25, 0.3) is 0 Å². The van der Waals surface area contributed by atoms with Gasteiger partial charge in [0.2, 0.25) is 5.09 Å². The Labute approximate surface area is 122 Å². The predicted molar refractivity (Wildman–Crippen MR) is 62.8 cm³/mol. The second kappa shape index (κ2) is 6.55. The molecule has 1 rings (SSSR count). The monoisotopic (exact) mass is 271 g/mol. The molecule has 0 aliphatic carbocycles. The summed E-state index contributed by atoms with van der Waals surface area (Å²) >= 11 is 0. The Morgan fingerprint density at radius 3 is 2.53 bits per heavy atom. The molecule has 0 spiro atoms. The van der Waals surface area contributed by atoms with Crippen LogP contribution in [0, 0.1) is 0 Å². The summed E-state index contributed by atoms with van der Waals surface area (Å²) in [4.78, 5) is 10.8. The van der Waals surface area contributed by atoms with Crippen LogP contribution < -0.4 is 5.73 Å². The van der Waals surface area contributed by atoms with Gasteiger partial charge in [0.25, 0.3) is 5.91 Å². The fraction of sp³-hybridized carbons (Fsp3) is 0.444. The van der Waals surface area contributed by atoms with Gasteiger partial charge in [0, 0.05) is 5.56 Å². The Balaban J connectivity index is 0.00000256. The molecule has 0 radical (unpaired) electrons. The molecule has 1 aromatic heterocycles. The van der Waals surface area contributed by atoms with Gasteiger partial charge in [-0.25, -0.2) is 0 Å². The fourth-order valence-corrected chi connectivity index (χ4v) is 1.98. The summed E-state index contributed by atoms with van der Waals surface area (Å²) in [5.74, 6) is -1.13. The normalized spacial score (nSPS) is 10.9. The van der Waals surface area contributed by atoms with Crippen molar-refractivity contribution in [2.45, 2.75) is 31.3 Å². The fourth-order valence-electron chi connectivity index (χ4n) is 1.29. The number of furan rings is 1. The van der Waals surface area contributed by atoms with Crippen molar-refractivity contribution in [1.29, 1.82) is 0 Å². The van der Waals surface area contributed by atoms with E-state index in [0.717, 1.165) is 12.8 Å². The van der Waals surface area contributed by atoms with Gasteiger partial charge in [0.05, 0.1) is 0 Å². The van der Waals surface area contributed by atoms with Gasteiger partial charge in [0.15, 0.2) is 5.76 Å². The number of unbranched alkanes of at least 4 members (excludes halogenated alkanes) is 1. The summed E-state index contributed by atoms with van der Waals surface area (Å²) in [7, 11) is -4.45. The number of hydrogen-bond donors (Lipinski definition) is 2. The van der Waals surface area contributed by atoms with Crippen LogP contribution in [-0.4, -0.2) is 48.4 Å². The Kier molecular flexibility index (Phi) is 6.42. The average Bonchev–Trinajstić information content (AvgIpc) is 2.57. The first-order chi connectivity index (χ1) is 7.36. The summed E-state index contributed by atoms with van der Waals surface area (Å²) in [5, 5.41) is -0.588. The molecule has 1 aromatic rings. The molecule has 6 nitrogen and oxygen atoms in total. The van der Waals surface area contributed by atoms with Crippen LogP contribution in [0.2, 0.25) is 0 Å². The molecule has 0 aliphatic rings. The number of rotatable bonds is 5. The predicted octanol–water partition coefficient (Wildman–Crippen LogP) is 0.319. The van der Waals surface area contributed by atoms with Crippen LogP contribution in [0.3, 0.4) is 0 Å². The van der Waals surface area contributed by atoms with Crippen molar-refractivity contribution in [3.63, 3.8) is 0 Å². The second-order valence-corrected chi connectivity index (χ2v) is 4.69.